The van der Waals surface area contributed by atoms with Crippen molar-refractivity contribution in [2.45, 2.75) is 25.2 Å². The van der Waals surface area contributed by atoms with Crippen LogP contribution in [-0.4, -0.2) is 16.4 Å². The molecule has 1 N–H and O–H groups in total. The van der Waals surface area contributed by atoms with Crippen molar-refractivity contribution in [3.63, 3.8) is 0 Å². The van der Waals surface area contributed by atoms with Gasteiger partial charge in [0.25, 0.3) is 0 Å². The summed E-state index contributed by atoms with van der Waals surface area (Å²) in [6.45, 7) is 0. The molecule has 1 atom stereocenters. The zero-order valence-electron chi connectivity index (χ0n) is 7.35. The highest BCUT2D eigenvalue weighted by molar-refractivity contribution is 5.68. The molecule has 2 rings (SSSR count). The Balaban J connectivity index is 2.36. The molecular formula is C10H12N2O. The van der Waals surface area contributed by atoms with E-state index in [0.717, 1.165) is 25.0 Å². The maximum Gasteiger partial charge on any atom is 0.0511 e. The number of oxime groups is 1. The van der Waals surface area contributed by atoms with Crippen LogP contribution in [0, 0.1) is 0 Å². The lowest BCUT2D eigenvalue weighted by atomic mass is 9.86. The molecule has 1 aromatic rings. The summed E-state index contributed by atoms with van der Waals surface area (Å²) >= 11 is 0. The van der Waals surface area contributed by atoms with Crippen molar-refractivity contribution >= 4 is 6.21 Å². The third-order valence-electron chi connectivity index (χ3n) is 2.50. The van der Waals surface area contributed by atoms with E-state index in [-0.39, 0.29) is 5.92 Å². The highest BCUT2D eigenvalue weighted by atomic mass is 16.4. The highest BCUT2D eigenvalue weighted by Gasteiger charge is 2.18. The number of aryl methyl sites for hydroxylation is 1. The Morgan fingerprint density at radius 1 is 1.62 bits per heavy atom. The van der Waals surface area contributed by atoms with Crippen LogP contribution in [0.2, 0.25) is 0 Å². The summed E-state index contributed by atoms with van der Waals surface area (Å²) in [5, 5.41) is 11.6. The predicted octanol–water partition coefficient (Wildman–Crippen LogP) is 1.96. The summed E-state index contributed by atoms with van der Waals surface area (Å²) in [6.07, 6.45) is 6.65. The Morgan fingerprint density at radius 2 is 2.54 bits per heavy atom. The number of nitrogens with zero attached hydrogens (tertiary/aromatic N) is 2. The molecule has 0 amide bonds. The lowest BCUT2D eigenvalue weighted by molar-refractivity contribution is 0.319. The van der Waals surface area contributed by atoms with Crippen molar-refractivity contribution in [3.05, 3.63) is 29.6 Å². The predicted molar refractivity (Wildman–Crippen MR) is 50.2 cm³/mol. The maximum atomic E-state index is 8.49. The number of hydrogen-bond acceptors (Lipinski definition) is 3. The van der Waals surface area contributed by atoms with Crippen LogP contribution in [0.1, 0.15) is 30.0 Å². The Kier molecular flexibility index (Phi) is 2.25. The summed E-state index contributed by atoms with van der Waals surface area (Å²) in [4.78, 5) is 4.31. The van der Waals surface area contributed by atoms with Gasteiger partial charge in [0.2, 0.25) is 0 Å². The highest BCUT2D eigenvalue weighted by Crippen LogP contribution is 2.28. The van der Waals surface area contributed by atoms with E-state index in [0.29, 0.717) is 0 Å². The number of rotatable bonds is 1. The third-order valence-corrected chi connectivity index (χ3v) is 2.50. The summed E-state index contributed by atoms with van der Waals surface area (Å²) < 4.78 is 0. The Bertz CT molecular complexity index is 322. The van der Waals surface area contributed by atoms with Crippen LogP contribution in [0.4, 0.5) is 0 Å². The molecule has 1 unspecified atom stereocenters. The van der Waals surface area contributed by atoms with Crippen LogP contribution in [0.15, 0.2) is 23.5 Å². The van der Waals surface area contributed by atoms with E-state index in [1.807, 2.05) is 12.3 Å². The molecule has 0 aromatic carbocycles. The van der Waals surface area contributed by atoms with Crippen molar-refractivity contribution in [1.29, 1.82) is 0 Å². The van der Waals surface area contributed by atoms with Crippen molar-refractivity contribution in [2.24, 2.45) is 5.16 Å². The fourth-order valence-corrected chi connectivity index (χ4v) is 1.88. The van der Waals surface area contributed by atoms with Gasteiger partial charge in [0, 0.05) is 17.8 Å². The van der Waals surface area contributed by atoms with Gasteiger partial charge in [-0.3, -0.25) is 4.98 Å². The number of pyridine rings is 1. The SMILES string of the molecule is ON=CC1CCCc2ncccc21. The van der Waals surface area contributed by atoms with E-state index in [4.69, 9.17) is 5.21 Å². The normalized spacial score (nSPS) is 21.7. The van der Waals surface area contributed by atoms with Crippen LogP contribution in [0.3, 0.4) is 0 Å². The zero-order valence-corrected chi connectivity index (χ0v) is 7.35. The quantitative estimate of drug-likeness (QED) is 0.404. The fraction of sp³-hybridized carbons (Fsp3) is 0.400. The minimum atomic E-state index is 0.252. The number of hydrogen-bond donors (Lipinski definition) is 1. The van der Waals surface area contributed by atoms with Gasteiger partial charge in [0.05, 0.1) is 6.21 Å². The van der Waals surface area contributed by atoms with Gasteiger partial charge in [-0.25, -0.2) is 0 Å². The molecule has 0 spiro atoms. The smallest absolute Gasteiger partial charge is 0.0511 e. The van der Waals surface area contributed by atoms with Gasteiger partial charge in [-0.05, 0) is 30.9 Å². The summed E-state index contributed by atoms with van der Waals surface area (Å²) in [6, 6.07) is 4.00. The van der Waals surface area contributed by atoms with Gasteiger partial charge < -0.3 is 5.21 Å². The molecule has 13 heavy (non-hydrogen) atoms. The van der Waals surface area contributed by atoms with Crippen molar-refractivity contribution < 1.29 is 5.21 Å². The fourth-order valence-electron chi connectivity index (χ4n) is 1.88. The molecule has 1 aliphatic rings. The van der Waals surface area contributed by atoms with Crippen molar-refractivity contribution in [1.82, 2.24) is 4.98 Å². The van der Waals surface area contributed by atoms with E-state index >= 15 is 0 Å². The Labute approximate surface area is 77.1 Å². The van der Waals surface area contributed by atoms with Crippen molar-refractivity contribution in [3.8, 4) is 0 Å². The minimum absolute atomic E-state index is 0.252. The summed E-state index contributed by atoms with van der Waals surface area (Å²) in [7, 11) is 0. The van der Waals surface area contributed by atoms with E-state index in [1.54, 1.807) is 6.21 Å². The first-order valence-electron chi connectivity index (χ1n) is 4.53. The standard InChI is InChI=1S/C10H12N2O/c13-12-7-8-3-1-5-10-9(8)4-2-6-11-10/h2,4,6-8,13H,1,3,5H2. The molecule has 0 aliphatic heterocycles. The first-order chi connectivity index (χ1) is 6.42. The van der Waals surface area contributed by atoms with E-state index in [9.17, 15) is 0 Å². The average molecular weight is 176 g/mol. The Morgan fingerprint density at radius 3 is 3.38 bits per heavy atom. The number of fused-ring (bicyclic) bond motifs is 1. The minimum Gasteiger partial charge on any atom is -0.411 e. The van der Waals surface area contributed by atoms with Crippen LogP contribution in [0.25, 0.3) is 0 Å². The largest absolute Gasteiger partial charge is 0.411 e. The Hall–Kier alpha value is -1.38. The molecule has 0 fully saturated rings. The van der Waals surface area contributed by atoms with E-state index in [1.165, 1.54) is 5.56 Å². The summed E-state index contributed by atoms with van der Waals surface area (Å²) in [5.41, 5.74) is 2.37. The van der Waals surface area contributed by atoms with Crippen LogP contribution in [-0.2, 0) is 6.42 Å². The topological polar surface area (TPSA) is 45.5 Å². The second-order valence-corrected chi connectivity index (χ2v) is 3.30. The maximum absolute atomic E-state index is 8.49. The van der Waals surface area contributed by atoms with Gasteiger partial charge in [-0.2, -0.15) is 0 Å². The molecule has 68 valence electrons. The molecule has 0 radical (unpaired) electrons. The van der Waals surface area contributed by atoms with Gasteiger partial charge in [0.1, 0.15) is 0 Å². The molecule has 0 saturated heterocycles. The second kappa shape index (κ2) is 3.56. The molecule has 1 aliphatic carbocycles. The molecule has 1 heterocycles. The third kappa shape index (κ3) is 1.54. The summed E-state index contributed by atoms with van der Waals surface area (Å²) in [5.74, 6) is 0.252. The molecule has 1 aromatic heterocycles. The first kappa shape index (κ1) is 8.23. The molecule has 3 heteroatoms. The van der Waals surface area contributed by atoms with Crippen LogP contribution < -0.4 is 0 Å². The van der Waals surface area contributed by atoms with E-state index in [2.05, 4.69) is 16.2 Å². The van der Waals surface area contributed by atoms with E-state index < -0.39 is 0 Å². The zero-order chi connectivity index (χ0) is 9.10. The number of aromatic nitrogens is 1. The lowest BCUT2D eigenvalue weighted by Crippen LogP contribution is -2.12. The van der Waals surface area contributed by atoms with Crippen LogP contribution >= 0.6 is 0 Å². The second-order valence-electron chi connectivity index (χ2n) is 3.30. The van der Waals surface area contributed by atoms with Gasteiger partial charge in [-0.1, -0.05) is 6.07 Å². The van der Waals surface area contributed by atoms with Gasteiger partial charge in [-0.15, -0.1) is 5.16 Å². The molecule has 0 bridgehead atoms. The monoisotopic (exact) mass is 176 g/mol. The molecule has 3 nitrogen and oxygen atoms in total. The van der Waals surface area contributed by atoms with Gasteiger partial charge >= 0.3 is 0 Å². The average Bonchev–Trinajstić information content (AvgIpc) is 2.19. The van der Waals surface area contributed by atoms with Crippen LogP contribution in [0.5, 0.6) is 0 Å². The first-order valence-corrected chi connectivity index (χ1v) is 4.53. The molecular weight excluding hydrogens is 164 g/mol. The van der Waals surface area contributed by atoms with Crippen molar-refractivity contribution in [2.75, 3.05) is 0 Å². The lowest BCUT2D eigenvalue weighted by Gasteiger charge is -2.20. The molecule has 0 saturated carbocycles. The van der Waals surface area contributed by atoms with Gasteiger partial charge in [0.15, 0.2) is 0 Å².